The van der Waals surface area contributed by atoms with Gasteiger partial charge in [-0.05, 0) is 27.2 Å². The van der Waals surface area contributed by atoms with Gasteiger partial charge in [0.2, 0.25) is 0 Å². The third-order valence-corrected chi connectivity index (χ3v) is 5.99. The summed E-state index contributed by atoms with van der Waals surface area (Å²) in [6.07, 6.45) is 0.810. The number of quaternary nitrogens is 1. The minimum atomic E-state index is -0.936. The normalized spacial score (nSPS) is 14.7. The van der Waals surface area contributed by atoms with Crippen molar-refractivity contribution in [3.63, 3.8) is 0 Å². The molecule has 0 aliphatic heterocycles. The van der Waals surface area contributed by atoms with Crippen LogP contribution < -0.4 is 0 Å². The van der Waals surface area contributed by atoms with Crippen LogP contribution in [0.2, 0.25) is 25.7 Å². The van der Waals surface area contributed by atoms with Crippen LogP contribution in [0.25, 0.3) is 0 Å². The van der Waals surface area contributed by atoms with Crippen LogP contribution in [0.5, 0.6) is 0 Å². The molecule has 0 radical (unpaired) electrons. The lowest BCUT2D eigenvalue weighted by molar-refractivity contribution is -0.926. The predicted octanol–water partition coefficient (Wildman–Crippen LogP) is 2.97. The number of ether oxygens (including phenoxy) is 1. The van der Waals surface area contributed by atoms with Gasteiger partial charge in [-0.2, -0.15) is 0 Å². The van der Waals surface area contributed by atoms with Crippen molar-refractivity contribution in [2.24, 2.45) is 0 Å². The average molecular weight is 291 g/mol. The summed E-state index contributed by atoms with van der Waals surface area (Å²) in [5.74, 6) is 0. The standard InChI is InChI=1S/C15H36NO2Si/c1-7-16(8-2,9-3)13-15(17)14-18-11-10-12-19(4,5)6/h15,17H,7-14H2,1-6H3/q+1. The summed E-state index contributed by atoms with van der Waals surface area (Å²) < 4.78 is 6.62. The van der Waals surface area contributed by atoms with Crippen molar-refractivity contribution in [2.45, 2.75) is 59.0 Å². The molecule has 1 unspecified atom stereocenters. The van der Waals surface area contributed by atoms with Crippen LogP contribution >= 0.6 is 0 Å². The maximum Gasteiger partial charge on any atom is 0.126 e. The van der Waals surface area contributed by atoms with Crippen molar-refractivity contribution in [1.29, 1.82) is 0 Å². The fraction of sp³-hybridized carbons (Fsp3) is 1.00. The number of hydrogen-bond acceptors (Lipinski definition) is 2. The number of rotatable bonds is 11. The molecule has 0 spiro atoms. The first-order chi connectivity index (χ1) is 8.78. The Hall–Kier alpha value is 0.0969. The van der Waals surface area contributed by atoms with Crippen LogP contribution in [0.1, 0.15) is 27.2 Å². The second-order valence-electron chi connectivity index (χ2n) is 6.87. The van der Waals surface area contributed by atoms with Gasteiger partial charge in [0.05, 0.1) is 26.2 Å². The van der Waals surface area contributed by atoms with E-state index in [1.165, 1.54) is 6.04 Å². The lowest BCUT2D eigenvalue weighted by Gasteiger charge is -2.37. The highest BCUT2D eigenvalue weighted by Crippen LogP contribution is 2.11. The van der Waals surface area contributed by atoms with E-state index < -0.39 is 8.07 Å². The van der Waals surface area contributed by atoms with Gasteiger partial charge >= 0.3 is 0 Å². The van der Waals surface area contributed by atoms with E-state index >= 15 is 0 Å². The van der Waals surface area contributed by atoms with Crippen LogP contribution in [0, 0.1) is 0 Å². The Kier molecular flexibility index (Phi) is 9.16. The van der Waals surface area contributed by atoms with Crippen LogP contribution in [-0.4, -0.2) is 63.2 Å². The first kappa shape index (κ1) is 19.1. The van der Waals surface area contributed by atoms with E-state index in [2.05, 4.69) is 40.4 Å². The van der Waals surface area contributed by atoms with Gasteiger partial charge in [-0.25, -0.2) is 0 Å². The molecule has 19 heavy (non-hydrogen) atoms. The third-order valence-electron chi connectivity index (χ3n) is 4.14. The molecule has 1 N–H and O–H groups in total. The molecule has 0 aliphatic carbocycles. The highest BCUT2D eigenvalue weighted by Gasteiger charge is 2.24. The van der Waals surface area contributed by atoms with Crippen molar-refractivity contribution < 1.29 is 14.3 Å². The molecule has 0 bridgehead atoms. The molecule has 3 nitrogen and oxygen atoms in total. The predicted molar refractivity (Wildman–Crippen MR) is 86.3 cm³/mol. The average Bonchev–Trinajstić information content (AvgIpc) is 2.34. The van der Waals surface area contributed by atoms with Crippen LogP contribution in [0.4, 0.5) is 0 Å². The van der Waals surface area contributed by atoms with Gasteiger partial charge in [0.15, 0.2) is 0 Å². The minimum absolute atomic E-state index is 0.327. The second-order valence-corrected chi connectivity index (χ2v) is 12.5. The molecular formula is C15H36NO2Si+. The number of hydrogen-bond donors (Lipinski definition) is 1. The van der Waals surface area contributed by atoms with Crippen LogP contribution in [0.3, 0.4) is 0 Å². The summed E-state index contributed by atoms with van der Waals surface area (Å²) in [4.78, 5) is 0. The molecule has 0 saturated heterocycles. The van der Waals surface area contributed by atoms with Gasteiger partial charge in [0.25, 0.3) is 0 Å². The molecule has 0 rings (SSSR count). The lowest BCUT2D eigenvalue weighted by atomic mass is 10.2. The number of aliphatic hydroxyl groups is 1. The Bertz CT molecular complexity index is 216. The molecule has 1 atom stereocenters. The van der Waals surface area contributed by atoms with E-state index in [1.807, 2.05) is 0 Å². The van der Waals surface area contributed by atoms with Crippen molar-refractivity contribution in [2.75, 3.05) is 39.4 Å². The molecular weight excluding hydrogens is 254 g/mol. The first-order valence-electron chi connectivity index (χ1n) is 7.89. The number of aliphatic hydroxyl groups excluding tert-OH is 1. The van der Waals surface area contributed by atoms with Gasteiger partial charge < -0.3 is 14.3 Å². The van der Waals surface area contributed by atoms with E-state index in [0.29, 0.717) is 6.61 Å². The van der Waals surface area contributed by atoms with Gasteiger partial charge in [-0.3, -0.25) is 0 Å². The Morgan fingerprint density at radius 1 is 1.05 bits per heavy atom. The van der Waals surface area contributed by atoms with Crippen LogP contribution in [0.15, 0.2) is 0 Å². The van der Waals surface area contributed by atoms with Crippen molar-refractivity contribution in [1.82, 2.24) is 0 Å². The van der Waals surface area contributed by atoms with E-state index in [0.717, 1.165) is 43.7 Å². The van der Waals surface area contributed by atoms with E-state index in [9.17, 15) is 5.11 Å². The summed E-state index contributed by atoms with van der Waals surface area (Å²) in [6.45, 7) is 19.1. The zero-order valence-electron chi connectivity index (χ0n) is 14.0. The van der Waals surface area contributed by atoms with Crippen LogP contribution in [-0.2, 0) is 4.74 Å². The highest BCUT2D eigenvalue weighted by atomic mass is 28.3. The van der Waals surface area contributed by atoms with E-state index in [4.69, 9.17) is 4.74 Å². The Balaban J connectivity index is 3.83. The zero-order chi connectivity index (χ0) is 14.9. The van der Waals surface area contributed by atoms with Gasteiger partial charge in [0, 0.05) is 14.7 Å². The fourth-order valence-electron chi connectivity index (χ4n) is 2.48. The fourth-order valence-corrected chi connectivity index (χ4v) is 3.69. The minimum Gasteiger partial charge on any atom is -0.385 e. The summed E-state index contributed by atoms with van der Waals surface area (Å²) in [7, 11) is -0.936. The van der Waals surface area contributed by atoms with Crippen molar-refractivity contribution in [3.05, 3.63) is 0 Å². The monoisotopic (exact) mass is 290 g/mol. The maximum atomic E-state index is 10.1. The first-order valence-corrected chi connectivity index (χ1v) is 11.6. The molecule has 0 saturated carbocycles. The zero-order valence-corrected chi connectivity index (χ0v) is 15.0. The smallest absolute Gasteiger partial charge is 0.126 e. The summed E-state index contributed by atoms with van der Waals surface area (Å²) in [5.41, 5.74) is 0. The molecule has 0 aromatic carbocycles. The topological polar surface area (TPSA) is 29.5 Å². The molecule has 0 fully saturated rings. The largest absolute Gasteiger partial charge is 0.385 e. The summed E-state index contributed by atoms with van der Waals surface area (Å²) >= 11 is 0. The molecule has 0 aliphatic rings. The maximum absolute atomic E-state index is 10.1. The number of likely N-dealkylation sites (N-methyl/N-ethyl adjacent to an activating group) is 1. The Morgan fingerprint density at radius 3 is 2.00 bits per heavy atom. The van der Waals surface area contributed by atoms with Gasteiger partial charge in [-0.15, -0.1) is 0 Å². The Labute approximate surface area is 121 Å². The lowest BCUT2D eigenvalue weighted by Crippen LogP contribution is -2.52. The molecule has 0 amide bonds. The highest BCUT2D eigenvalue weighted by molar-refractivity contribution is 6.76. The molecule has 116 valence electrons. The molecule has 0 aromatic rings. The third kappa shape index (κ3) is 8.79. The van der Waals surface area contributed by atoms with Crippen molar-refractivity contribution in [3.8, 4) is 0 Å². The summed E-state index contributed by atoms with van der Waals surface area (Å²) in [6, 6.07) is 1.31. The number of nitrogens with zero attached hydrogens (tertiary/aromatic N) is 1. The van der Waals surface area contributed by atoms with Crippen molar-refractivity contribution >= 4 is 8.07 Å². The Morgan fingerprint density at radius 2 is 1.58 bits per heavy atom. The summed E-state index contributed by atoms with van der Waals surface area (Å²) in [5, 5.41) is 10.1. The molecule has 4 heteroatoms. The SMILES string of the molecule is CC[N+](CC)(CC)CC(O)COCCC[Si](C)(C)C. The van der Waals surface area contributed by atoms with Gasteiger partial charge in [0.1, 0.15) is 12.6 Å². The quantitative estimate of drug-likeness (QED) is 0.360. The van der Waals surface area contributed by atoms with Gasteiger partial charge in [-0.1, -0.05) is 25.7 Å². The molecule has 0 aromatic heterocycles. The van der Waals surface area contributed by atoms with E-state index in [-0.39, 0.29) is 6.10 Å². The molecule has 0 heterocycles. The second kappa shape index (κ2) is 9.11. The van der Waals surface area contributed by atoms with E-state index in [1.54, 1.807) is 0 Å².